The van der Waals surface area contributed by atoms with E-state index in [4.69, 9.17) is 5.11 Å². The Kier molecular flexibility index (Phi) is 7.96. The largest absolute Gasteiger partial charge is 0.481 e. The van der Waals surface area contributed by atoms with Gasteiger partial charge in [0.15, 0.2) is 5.78 Å². The number of rotatable bonds is 10. The highest BCUT2D eigenvalue weighted by Crippen LogP contribution is 2.34. The second kappa shape index (κ2) is 10.2. The predicted octanol–water partition coefficient (Wildman–Crippen LogP) is 5.06. The molecular formula is C23H30O4. The van der Waals surface area contributed by atoms with Crippen molar-refractivity contribution in [2.24, 2.45) is 11.8 Å². The molecule has 4 nitrogen and oxygen atoms in total. The Morgan fingerprint density at radius 1 is 1.15 bits per heavy atom. The van der Waals surface area contributed by atoms with Crippen LogP contribution < -0.4 is 0 Å². The van der Waals surface area contributed by atoms with Crippen LogP contribution in [0.4, 0.5) is 0 Å². The van der Waals surface area contributed by atoms with Crippen LogP contribution in [0, 0.1) is 25.7 Å². The second-order valence-corrected chi connectivity index (χ2v) is 7.66. The van der Waals surface area contributed by atoms with Crippen LogP contribution in [0.1, 0.15) is 72.9 Å². The van der Waals surface area contributed by atoms with Gasteiger partial charge in [-0.25, -0.2) is 0 Å². The lowest BCUT2D eigenvalue weighted by Crippen LogP contribution is -2.13. The summed E-state index contributed by atoms with van der Waals surface area (Å²) in [7, 11) is 0. The first kappa shape index (κ1) is 21.1. The minimum absolute atomic E-state index is 0.00275. The Balaban J connectivity index is 1.87. The van der Waals surface area contributed by atoms with Gasteiger partial charge in [-0.2, -0.15) is 0 Å². The maximum atomic E-state index is 12.5. The lowest BCUT2D eigenvalue weighted by molar-refractivity contribution is -0.137. The average Bonchev–Trinajstić information content (AvgIpc) is 2.97. The molecular weight excluding hydrogens is 340 g/mol. The third kappa shape index (κ3) is 6.46. The van der Waals surface area contributed by atoms with Crippen molar-refractivity contribution in [3.05, 3.63) is 47.0 Å². The molecule has 0 aliphatic heterocycles. The molecule has 2 atom stereocenters. The molecule has 146 valence electrons. The van der Waals surface area contributed by atoms with E-state index in [1.807, 2.05) is 38.1 Å². The molecule has 0 unspecified atom stereocenters. The third-order valence-corrected chi connectivity index (χ3v) is 5.46. The molecule has 4 heteroatoms. The summed E-state index contributed by atoms with van der Waals surface area (Å²) < 4.78 is 0. The Morgan fingerprint density at radius 3 is 2.63 bits per heavy atom. The van der Waals surface area contributed by atoms with E-state index in [1.165, 1.54) is 0 Å². The third-order valence-electron chi connectivity index (χ3n) is 5.46. The Labute approximate surface area is 161 Å². The molecule has 1 aromatic carbocycles. The van der Waals surface area contributed by atoms with E-state index in [-0.39, 0.29) is 24.0 Å². The number of ketones is 2. The van der Waals surface area contributed by atoms with Crippen molar-refractivity contribution in [2.45, 2.75) is 65.2 Å². The van der Waals surface area contributed by atoms with Gasteiger partial charge < -0.3 is 5.11 Å². The van der Waals surface area contributed by atoms with Gasteiger partial charge in [0.2, 0.25) is 0 Å². The number of benzene rings is 1. The van der Waals surface area contributed by atoms with Crippen LogP contribution in [0.5, 0.6) is 0 Å². The van der Waals surface area contributed by atoms with E-state index in [1.54, 1.807) is 6.08 Å². The van der Waals surface area contributed by atoms with E-state index in [0.29, 0.717) is 18.6 Å². The lowest BCUT2D eigenvalue weighted by atomic mass is 9.89. The SMILES string of the molecule is Cc1ccc(C)c(C(=O)C=C[C@@H]2CCC(=O)[C@H]2CCCCCCC(=O)O)c1. The number of carboxylic acid groups (broad SMARTS) is 1. The number of aliphatic carboxylic acids is 1. The van der Waals surface area contributed by atoms with Crippen molar-refractivity contribution in [1.29, 1.82) is 0 Å². The molecule has 0 heterocycles. The monoisotopic (exact) mass is 370 g/mol. The number of hydrogen-bond acceptors (Lipinski definition) is 3. The van der Waals surface area contributed by atoms with Crippen molar-refractivity contribution in [1.82, 2.24) is 0 Å². The van der Waals surface area contributed by atoms with Crippen molar-refractivity contribution in [2.75, 3.05) is 0 Å². The highest BCUT2D eigenvalue weighted by atomic mass is 16.4. The van der Waals surface area contributed by atoms with Gasteiger partial charge in [0.1, 0.15) is 5.78 Å². The average molecular weight is 370 g/mol. The molecule has 0 saturated heterocycles. The standard InChI is InChI=1S/C23H30O4/c1-16-9-10-17(2)20(15-16)22(25)14-12-18-11-13-21(24)19(18)7-5-3-4-6-8-23(26)27/h9-10,12,14-15,18-19H,3-8,11,13H2,1-2H3,(H,26,27)/t18-,19-/m0/s1. The smallest absolute Gasteiger partial charge is 0.303 e. The normalized spacial score (nSPS) is 19.7. The molecule has 1 aliphatic rings. The number of carboxylic acids is 1. The van der Waals surface area contributed by atoms with Crippen molar-refractivity contribution in [3.8, 4) is 0 Å². The van der Waals surface area contributed by atoms with E-state index < -0.39 is 5.97 Å². The number of allylic oxidation sites excluding steroid dienone is 2. The van der Waals surface area contributed by atoms with Crippen LogP contribution >= 0.6 is 0 Å². The van der Waals surface area contributed by atoms with Crippen LogP contribution in [0.2, 0.25) is 0 Å². The highest BCUT2D eigenvalue weighted by molar-refractivity contribution is 6.05. The van der Waals surface area contributed by atoms with Crippen LogP contribution in [0.25, 0.3) is 0 Å². The van der Waals surface area contributed by atoms with Gasteiger partial charge in [-0.05, 0) is 56.7 Å². The number of aryl methyl sites for hydroxylation is 2. The Bertz CT molecular complexity index is 717. The Morgan fingerprint density at radius 2 is 1.89 bits per heavy atom. The van der Waals surface area contributed by atoms with E-state index >= 15 is 0 Å². The zero-order chi connectivity index (χ0) is 19.8. The molecule has 0 spiro atoms. The molecule has 1 fully saturated rings. The van der Waals surface area contributed by atoms with Gasteiger partial charge in [0, 0.05) is 24.3 Å². The van der Waals surface area contributed by atoms with Crippen LogP contribution in [0.15, 0.2) is 30.4 Å². The fourth-order valence-electron chi connectivity index (χ4n) is 3.84. The lowest BCUT2D eigenvalue weighted by Gasteiger charge is -2.14. The molecule has 0 bridgehead atoms. The summed E-state index contributed by atoms with van der Waals surface area (Å²) in [6, 6.07) is 5.87. The number of unbranched alkanes of at least 4 members (excludes halogenated alkanes) is 3. The van der Waals surface area contributed by atoms with Gasteiger partial charge in [0.25, 0.3) is 0 Å². The summed E-state index contributed by atoms with van der Waals surface area (Å²) in [6.45, 7) is 3.91. The number of hydrogen-bond donors (Lipinski definition) is 1. The molecule has 27 heavy (non-hydrogen) atoms. The number of Topliss-reactive ketones (excluding diaryl/α,β-unsaturated/α-hetero) is 1. The summed E-state index contributed by atoms with van der Waals surface area (Å²) in [5, 5.41) is 8.65. The van der Waals surface area contributed by atoms with Crippen molar-refractivity contribution < 1.29 is 19.5 Å². The molecule has 1 aliphatic carbocycles. The first-order valence-corrected chi connectivity index (χ1v) is 9.92. The fourth-order valence-corrected chi connectivity index (χ4v) is 3.84. The predicted molar refractivity (Wildman–Crippen MR) is 106 cm³/mol. The number of carbonyl (C=O) groups excluding carboxylic acids is 2. The van der Waals surface area contributed by atoms with Gasteiger partial charge >= 0.3 is 5.97 Å². The zero-order valence-corrected chi connectivity index (χ0v) is 16.4. The first-order valence-electron chi connectivity index (χ1n) is 9.92. The zero-order valence-electron chi connectivity index (χ0n) is 16.4. The highest BCUT2D eigenvalue weighted by Gasteiger charge is 2.32. The van der Waals surface area contributed by atoms with E-state index in [9.17, 15) is 14.4 Å². The summed E-state index contributed by atoms with van der Waals surface area (Å²) >= 11 is 0. The van der Waals surface area contributed by atoms with Crippen LogP contribution in [-0.2, 0) is 9.59 Å². The molecule has 0 radical (unpaired) electrons. The summed E-state index contributed by atoms with van der Waals surface area (Å²) in [4.78, 5) is 35.3. The summed E-state index contributed by atoms with van der Waals surface area (Å²) in [5.74, 6) is -0.297. The molecule has 1 aromatic rings. The quantitative estimate of drug-likeness (QED) is 0.355. The minimum atomic E-state index is -0.750. The molecule has 0 aromatic heterocycles. The first-order chi connectivity index (χ1) is 12.9. The topological polar surface area (TPSA) is 71.4 Å². The molecule has 1 saturated carbocycles. The maximum Gasteiger partial charge on any atom is 0.303 e. The van der Waals surface area contributed by atoms with E-state index in [2.05, 4.69) is 0 Å². The van der Waals surface area contributed by atoms with Gasteiger partial charge in [0.05, 0.1) is 0 Å². The van der Waals surface area contributed by atoms with Crippen molar-refractivity contribution >= 4 is 17.5 Å². The van der Waals surface area contributed by atoms with Gasteiger partial charge in [-0.1, -0.05) is 43.0 Å². The molecule has 0 amide bonds. The molecule has 2 rings (SSSR count). The second-order valence-electron chi connectivity index (χ2n) is 7.66. The number of carbonyl (C=O) groups is 3. The fraction of sp³-hybridized carbons (Fsp3) is 0.522. The van der Waals surface area contributed by atoms with Crippen molar-refractivity contribution in [3.63, 3.8) is 0 Å². The summed E-state index contributed by atoms with van der Waals surface area (Å²) in [5.41, 5.74) is 2.76. The van der Waals surface area contributed by atoms with Crippen LogP contribution in [-0.4, -0.2) is 22.6 Å². The van der Waals surface area contributed by atoms with Gasteiger partial charge in [-0.15, -0.1) is 0 Å². The van der Waals surface area contributed by atoms with Gasteiger partial charge in [-0.3, -0.25) is 14.4 Å². The maximum absolute atomic E-state index is 12.5. The van der Waals surface area contributed by atoms with Crippen LogP contribution in [0.3, 0.4) is 0 Å². The van der Waals surface area contributed by atoms with E-state index in [0.717, 1.165) is 48.8 Å². The summed E-state index contributed by atoms with van der Waals surface area (Å²) in [6.07, 6.45) is 9.51. The minimum Gasteiger partial charge on any atom is -0.481 e. The Hall–Kier alpha value is -2.23. The molecule has 1 N–H and O–H groups in total.